The second kappa shape index (κ2) is 7.34. The van der Waals surface area contributed by atoms with Crippen molar-refractivity contribution >= 4 is 17.7 Å². The van der Waals surface area contributed by atoms with Gasteiger partial charge in [-0.3, -0.25) is 4.79 Å². The van der Waals surface area contributed by atoms with Crippen molar-refractivity contribution in [2.24, 2.45) is 0 Å². The number of hydrogen-bond donors (Lipinski definition) is 0. The Morgan fingerprint density at radius 3 is 2.65 bits per heavy atom. The molecule has 136 valence electrons. The summed E-state index contributed by atoms with van der Waals surface area (Å²) in [6.07, 6.45) is 2.99. The molecule has 1 aromatic heterocycles. The van der Waals surface area contributed by atoms with E-state index < -0.39 is 5.79 Å². The predicted octanol–water partition coefficient (Wildman–Crippen LogP) is 3.35. The molecule has 4 rings (SSSR count). The van der Waals surface area contributed by atoms with Crippen LogP contribution < -0.4 is 0 Å². The summed E-state index contributed by atoms with van der Waals surface area (Å²) >= 11 is 1.33. The molecule has 2 saturated heterocycles. The van der Waals surface area contributed by atoms with E-state index in [9.17, 15) is 9.18 Å². The van der Waals surface area contributed by atoms with Crippen molar-refractivity contribution in [3.63, 3.8) is 0 Å². The molecule has 2 aromatic rings. The molecule has 0 unspecified atom stereocenters. The quantitative estimate of drug-likeness (QED) is 0.825. The van der Waals surface area contributed by atoms with Gasteiger partial charge in [0.05, 0.1) is 13.2 Å². The van der Waals surface area contributed by atoms with Crippen LogP contribution in [-0.4, -0.2) is 47.9 Å². The number of carbonyl (C=O) groups excluding carboxylic acids is 1. The zero-order chi connectivity index (χ0) is 18.0. The van der Waals surface area contributed by atoms with Gasteiger partial charge in [-0.25, -0.2) is 9.37 Å². The zero-order valence-electron chi connectivity index (χ0n) is 14.2. The van der Waals surface area contributed by atoms with E-state index in [1.165, 1.54) is 23.9 Å². The largest absolute Gasteiger partial charge is 0.347 e. The Morgan fingerprint density at radius 2 is 1.92 bits per heavy atom. The van der Waals surface area contributed by atoms with Crippen molar-refractivity contribution in [3.05, 3.63) is 54.0 Å². The van der Waals surface area contributed by atoms with Crippen LogP contribution in [0.3, 0.4) is 0 Å². The molecule has 2 aliphatic rings. The number of aromatic nitrogens is 1. The number of likely N-dealkylation sites (tertiary alicyclic amines) is 1. The number of benzene rings is 1. The molecular formula is C19H19FN2O3S. The van der Waals surface area contributed by atoms with Gasteiger partial charge in [-0.15, -0.1) is 0 Å². The van der Waals surface area contributed by atoms with E-state index in [-0.39, 0.29) is 11.7 Å². The van der Waals surface area contributed by atoms with Crippen LogP contribution >= 0.6 is 11.8 Å². The third kappa shape index (κ3) is 3.75. The van der Waals surface area contributed by atoms with Crippen molar-refractivity contribution in [1.29, 1.82) is 0 Å². The van der Waals surface area contributed by atoms with Gasteiger partial charge in [0.25, 0.3) is 5.91 Å². The third-order valence-electron chi connectivity index (χ3n) is 4.63. The van der Waals surface area contributed by atoms with Gasteiger partial charge in [0, 0.05) is 42.6 Å². The predicted molar refractivity (Wildman–Crippen MR) is 94.5 cm³/mol. The fraction of sp³-hybridized carbons (Fsp3) is 0.368. The van der Waals surface area contributed by atoms with Crippen LogP contribution in [0.25, 0.3) is 0 Å². The van der Waals surface area contributed by atoms with Crippen molar-refractivity contribution < 1.29 is 18.7 Å². The topological polar surface area (TPSA) is 51.7 Å². The Balaban J connectivity index is 1.43. The zero-order valence-corrected chi connectivity index (χ0v) is 15.0. The summed E-state index contributed by atoms with van der Waals surface area (Å²) < 4.78 is 24.7. The highest BCUT2D eigenvalue weighted by molar-refractivity contribution is 7.99. The van der Waals surface area contributed by atoms with Gasteiger partial charge in [-0.2, -0.15) is 0 Å². The average molecular weight is 374 g/mol. The molecule has 1 aromatic carbocycles. The minimum absolute atomic E-state index is 0.0265. The lowest BCUT2D eigenvalue weighted by molar-refractivity contribution is -0.181. The van der Waals surface area contributed by atoms with E-state index in [4.69, 9.17) is 9.47 Å². The van der Waals surface area contributed by atoms with E-state index in [2.05, 4.69) is 4.98 Å². The van der Waals surface area contributed by atoms with Crippen LogP contribution in [0.2, 0.25) is 0 Å². The number of nitrogens with zero attached hydrogens (tertiary/aromatic N) is 2. The summed E-state index contributed by atoms with van der Waals surface area (Å²) in [5.74, 6) is -0.810. The number of amides is 1. The molecule has 0 aliphatic carbocycles. The van der Waals surface area contributed by atoms with E-state index in [0.29, 0.717) is 49.7 Å². The van der Waals surface area contributed by atoms with Crippen LogP contribution in [0.1, 0.15) is 23.2 Å². The van der Waals surface area contributed by atoms with Crippen LogP contribution in [0.5, 0.6) is 0 Å². The minimum atomic E-state index is -0.493. The summed E-state index contributed by atoms with van der Waals surface area (Å²) in [6, 6.07) is 9.79. The van der Waals surface area contributed by atoms with Gasteiger partial charge >= 0.3 is 0 Å². The third-order valence-corrected chi connectivity index (χ3v) is 5.55. The second-order valence-electron chi connectivity index (χ2n) is 6.34. The van der Waals surface area contributed by atoms with Gasteiger partial charge in [0.15, 0.2) is 5.79 Å². The Hall–Kier alpha value is -1.96. The molecule has 5 nitrogen and oxygen atoms in total. The van der Waals surface area contributed by atoms with Gasteiger partial charge in [0.1, 0.15) is 10.8 Å². The lowest BCUT2D eigenvalue weighted by Gasteiger charge is -2.37. The Bertz CT molecular complexity index is 801. The molecule has 1 amide bonds. The maximum absolute atomic E-state index is 13.3. The van der Waals surface area contributed by atoms with Gasteiger partial charge in [0.2, 0.25) is 0 Å². The Labute approximate surface area is 155 Å². The summed E-state index contributed by atoms with van der Waals surface area (Å²) in [5.41, 5.74) is 0.586. The maximum Gasteiger partial charge on any atom is 0.254 e. The first kappa shape index (κ1) is 17.5. The van der Waals surface area contributed by atoms with E-state index in [1.54, 1.807) is 24.4 Å². The van der Waals surface area contributed by atoms with E-state index in [0.717, 1.165) is 4.90 Å². The van der Waals surface area contributed by atoms with Crippen molar-refractivity contribution in [2.75, 3.05) is 26.3 Å². The summed E-state index contributed by atoms with van der Waals surface area (Å²) in [7, 11) is 0. The molecule has 0 atom stereocenters. The smallest absolute Gasteiger partial charge is 0.254 e. The molecule has 0 bridgehead atoms. The maximum atomic E-state index is 13.3. The first-order chi connectivity index (χ1) is 12.6. The SMILES string of the molecule is O=C(c1ccnc(Sc2cccc(F)c2)c1)N1CCC2(CC1)OCCO2. The number of pyridine rings is 1. The second-order valence-corrected chi connectivity index (χ2v) is 7.44. The fourth-order valence-electron chi connectivity index (χ4n) is 3.27. The van der Waals surface area contributed by atoms with E-state index in [1.807, 2.05) is 11.0 Å². The molecule has 7 heteroatoms. The molecule has 1 spiro atoms. The van der Waals surface area contributed by atoms with Gasteiger partial charge in [-0.05, 0) is 30.3 Å². The van der Waals surface area contributed by atoms with Crippen LogP contribution in [0.4, 0.5) is 4.39 Å². The molecular weight excluding hydrogens is 355 g/mol. The van der Waals surface area contributed by atoms with Crippen molar-refractivity contribution in [1.82, 2.24) is 9.88 Å². The first-order valence-corrected chi connectivity index (χ1v) is 9.42. The molecule has 2 aliphatic heterocycles. The average Bonchev–Trinajstić information content (AvgIpc) is 3.10. The molecule has 26 heavy (non-hydrogen) atoms. The van der Waals surface area contributed by atoms with Crippen LogP contribution in [0.15, 0.2) is 52.5 Å². The minimum Gasteiger partial charge on any atom is -0.347 e. The molecule has 3 heterocycles. The lowest BCUT2D eigenvalue weighted by atomic mass is 10.0. The first-order valence-electron chi connectivity index (χ1n) is 8.60. The molecule has 0 N–H and O–H groups in total. The van der Waals surface area contributed by atoms with Crippen LogP contribution in [-0.2, 0) is 9.47 Å². The lowest BCUT2D eigenvalue weighted by Crippen LogP contribution is -2.47. The summed E-state index contributed by atoms with van der Waals surface area (Å²) in [6.45, 7) is 2.46. The molecule has 0 saturated carbocycles. The number of halogens is 1. The van der Waals surface area contributed by atoms with E-state index >= 15 is 0 Å². The van der Waals surface area contributed by atoms with Gasteiger partial charge < -0.3 is 14.4 Å². The number of hydrogen-bond acceptors (Lipinski definition) is 5. The monoisotopic (exact) mass is 374 g/mol. The molecule has 2 fully saturated rings. The Morgan fingerprint density at radius 1 is 1.15 bits per heavy atom. The summed E-state index contributed by atoms with van der Waals surface area (Å²) in [5, 5.41) is 0.664. The van der Waals surface area contributed by atoms with Crippen molar-refractivity contribution in [3.8, 4) is 0 Å². The highest BCUT2D eigenvalue weighted by Crippen LogP contribution is 2.32. The highest BCUT2D eigenvalue weighted by Gasteiger charge is 2.40. The molecule has 0 radical (unpaired) electrons. The number of ether oxygens (including phenoxy) is 2. The normalized spacial score (nSPS) is 19.0. The number of carbonyl (C=O) groups is 1. The van der Waals surface area contributed by atoms with Gasteiger partial charge in [-0.1, -0.05) is 17.8 Å². The van der Waals surface area contributed by atoms with Crippen LogP contribution in [0, 0.1) is 5.82 Å². The number of piperidine rings is 1. The van der Waals surface area contributed by atoms with Crippen molar-refractivity contribution in [2.45, 2.75) is 28.6 Å². The number of rotatable bonds is 3. The standard InChI is InChI=1S/C19H19FN2O3S/c20-15-2-1-3-16(13-15)26-17-12-14(4-7-21-17)18(23)22-8-5-19(6-9-22)24-10-11-25-19/h1-4,7,12-13H,5-6,8-11H2. The summed E-state index contributed by atoms with van der Waals surface area (Å²) in [4.78, 5) is 19.7. The highest BCUT2D eigenvalue weighted by atomic mass is 32.2. The fourth-order valence-corrected chi connectivity index (χ4v) is 4.13. The Kier molecular flexibility index (Phi) is 4.93.